The summed E-state index contributed by atoms with van der Waals surface area (Å²) in [5.74, 6) is -0.933. The molecule has 0 unspecified atom stereocenters. The van der Waals surface area contributed by atoms with E-state index in [0.717, 1.165) is 5.56 Å². The molecule has 0 saturated heterocycles. The minimum Gasteiger partial charge on any atom is -0.481 e. The quantitative estimate of drug-likeness (QED) is 0.870. The average Bonchev–Trinajstić information content (AvgIpc) is 2.20. The highest BCUT2D eigenvalue weighted by Gasteiger charge is 2.28. The van der Waals surface area contributed by atoms with Gasteiger partial charge in [-0.05, 0) is 43.4 Å². The molecule has 0 aromatic heterocycles. The molecule has 0 fully saturated rings. The van der Waals surface area contributed by atoms with Crippen LogP contribution in [0.1, 0.15) is 44.7 Å². The zero-order chi connectivity index (χ0) is 13.2. The van der Waals surface area contributed by atoms with Crippen LogP contribution in [0.15, 0.2) is 18.2 Å². The second-order valence-electron chi connectivity index (χ2n) is 5.37. The van der Waals surface area contributed by atoms with Gasteiger partial charge >= 0.3 is 5.97 Å². The van der Waals surface area contributed by atoms with Crippen molar-refractivity contribution in [1.82, 2.24) is 0 Å². The van der Waals surface area contributed by atoms with Crippen molar-refractivity contribution in [3.63, 3.8) is 0 Å². The van der Waals surface area contributed by atoms with Gasteiger partial charge < -0.3 is 5.11 Å². The fraction of sp³-hybridized carbons (Fsp3) is 0.500. The minimum atomic E-state index is -0.948. The zero-order valence-corrected chi connectivity index (χ0v) is 10.7. The van der Waals surface area contributed by atoms with Crippen molar-refractivity contribution in [2.24, 2.45) is 5.41 Å². The zero-order valence-electron chi connectivity index (χ0n) is 10.7. The van der Waals surface area contributed by atoms with E-state index >= 15 is 0 Å². The predicted octanol–water partition coefficient (Wildman–Crippen LogP) is 3.60. The van der Waals surface area contributed by atoms with Gasteiger partial charge in [0.05, 0.1) is 5.41 Å². The molecule has 1 aromatic rings. The Bertz CT molecular complexity index is 422. The summed E-state index contributed by atoms with van der Waals surface area (Å²) in [6.07, 6.45) is 0.203. The van der Waals surface area contributed by atoms with Crippen LogP contribution in [0.2, 0.25) is 0 Å². The molecule has 0 aliphatic rings. The Morgan fingerprint density at radius 3 is 2.47 bits per heavy atom. The van der Waals surface area contributed by atoms with E-state index in [1.807, 2.05) is 13.8 Å². The first-order chi connectivity index (χ1) is 7.74. The third kappa shape index (κ3) is 3.29. The largest absolute Gasteiger partial charge is 0.481 e. The van der Waals surface area contributed by atoms with Crippen molar-refractivity contribution in [3.05, 3.63) is 35.1 Å². The molecule has 0 aliphatic heterocycles. The van der Waals surface area contributed by atoms with Gasteiger partial charge in [-0.1, -0.05) is 26.0 Å². The normalized spacial score (nSPS) is 11.9. The molecule has 0 atom stereocenters. The maximum atomic E-state index is 13.6. The molecule has 0 saturated carbocycles. The molecule has 1 N–H and O–H groups in total. The van der Waals surface area contributed by atoms with E-state index in [1.54, 1.807) is 26.0 Å². The Morgan fingerprint density at radius 1 is 1.41 bits per heavy atom. The molecule has 0 heterocycles. The van der Waals surface area contributed by atoms with Crippen molar-refractivity contribution in [3.8, 4) is 0 Å². The molecular formula is C14H19FO2. The van der Waals surface area contributed by atoms with Gasteiger partial charge in [0.2, 0.25) is 0 Å². The van der Waals surface area contributed by atoms with E-state index in [1.165, 1.54) is 6.07 Å². The lowest BCUT2D eigenvalue weighted by molar-refractivity contribution is -0.146. The van der Waals surface area contributed by atoms with Crippen molar-refractivity contribution >= 4 is 5.97 Å². The lowest BCUT2D eigenvalue weighted by Gasteiger charge is -2.20. The van der Waals surface area contributed by atoms with Gasteiger partial charge in [0.1, 0.15) is 5.82 Å². The van der Waals surface area contributed by atoms with Crippen LogP contribution in [0.3, 0.4) is 0 Å². The van der Waals surface area contributed by atoms with Crippen LogP contribution in [0, 0.1) is 11.2 Å². The van der Waals surface area contributed by atoms with E-state index in [0.29, 0.717) is 11.5 Å². The molecule has 0 aliphatic carbocycles. The van der Waals surface area contributed by atoms with Crippen molar-refractivity contribution in [2.75, 3.05) is 0 Å². The van der Waals surface area contributed by atoms with Crippen LogP contribution in [0.5, 0.6) is 0 Å². The van der Waals surface area contributed by atoms with E-state index in [-0.39, 0.29) is 12.2 Å². The predicted molar refractivity (Wildman–Crippen MR) is 65.6 cm³/mol. The molecule has 0 spiro atoms. The third-order valence-electron chi connectivity index (χ3n) is 2.95. The van der Waals surface area contributed by atoms with Gasteiger partial charge in [0, 0.05) is 0 Å². The number of carboxylic acid groups (broad SMARTS) is 1. The number of aliphatic carboxylic acids is 1. The van der Waals surface area contributed by atoms with Crippen LogP contribution < -0.4 is 0 Å². The highest BCUT2D eigenvalue weighted by Crippen LogP contribution is 2.26. The Hall–Kier alpha value is -1.38. The highest BCUT2D eigenvalue weighted by atomic mass is 19.1. The number of hydrogen-bond donors (Lipinski definition) is 1. The summed E-state index contributed by atoms with van der Waals surface area (Å²) in [4.78, 5) is 11.0. The maximum Gasteiger partial charge on any atom is 0.309 e. The number of carbonyl (C=O) groups is 1. The number of hydrogen-bond acceptors (Lipinski definition) is 1. The summed E-state index contributed by atoms with van der Waals surface area (Å²) in [6, 6.07) is 4.94. The fourth-order valence-electron chi connectivity index (χ4n) is 1.64. The van der Waals surface area contributed by atoms with Crippen LogP contribution in [-0.2, 0) is 11.2 Å². The second-order valence-corrected chi connectivity index (χ2v) is 5.37. The van der Waals surface area contributed by atoms with Crippen LogP contribution in [0.25, 0.3) is 0 Å². The molecule has 1 aromatic carbocycles. The molecule has 0 bridgehead atoms. The van der Waals surface area contributed by atoms with Gasteiger partial charge in [-0.25, -0.2) is 4.39 Å². The van der Waals surface area contributed by atoms with E-state index in [2.05, 4.69) is 0 Å². The highest BCUT2D eigenvalue weighted by molar-refractivity contribution is 5.74. The first-order valence-electron chi connectivity index (χ1n) is 5.76. The smallest absolute Gasteiger partial charge is 0.309 e. The molecule has 3 heteroatoms. The van der Waals surface area contributed by atoms with Crippen molar-refractivity contribution in [2.45, 2.75) is 40.0 Å². The van der Waals surface area contributed by atoms with Crippen LogP contribution >= 0.6 is 0 Å². The fourth-order valence-corrected chi connectivity index (χ4v) is 1.64. The summed E-state index contributed by atoms with van der Waals surface area (Å²) in [5, 5.41) is 9.05. The van der Waals surface area contributed by atoms with Gasteiger partial charge in [-0.15, -0.1) is 0 Å². The van der Waals surface area contributed by atoms with E-state index in [9.17, 15) is 9.18 Å². The lowest BCUT2D eigenvalue weighted by Crippen LogP contribution is -2.26. The first-order valence-corrected chi connectivity index (χ1v) is 5.76. The number of benzene rings is 1. The van der Waals surface area contributed by atoms with Crippen molar-refractivity contribution < 1.29 is 14.3 Å². The average molecular weight is 238 g/mol. The number of rotatable bonds is 4. The molecule has 94 valence electrons. The number of halogens is 1. The lowest BCUT2D eigenvalue weighted by atomic mass is 9.84. The Kier molecular flexibility index (Phi) is 3.91. The van der Waals surface area contributed by atoms with Crippen LogP contribution in [0.4, 0.5) is 4.39 Å². The molecule has 1 rings (SSSR count). The topological polar surface area (TPSA) is 37.3 Å². The summed E-state index contributed by atoms with van der Waals surface area (Å²) in [6.45, 7) is 7.27. The summed E-state index contributed by atoms with van der Waals surface area (Å²) < 4.78 is 13.6. The third-order valence-corrected chi connectivity index (χ3v) is 2.95. The van der Waals surface area contributed by atoms with Crippen molar-refractivity contribution in [1.29, 1.82) is 0 Å². The molecular weight excluding hydrogens is 219 g/mol. The Morgan fingerprint density at radius 2 is 2.00 bits per heavy atom. The Balaban J connectivity index is 3.05. The molecule has 2 nitrogen and oxygen atoms in total. The SMILES string of the molecule is CC(C)c1ccc(F)c(CC(C)(C)C(=O)O)c1. The standard InChI is InChI=1S/C14H19FO2/c1-9(2)10-5-6-12(15)11(7-10)8-14(3,4)13(16)17/h5-7,9H,8H2,1-4H3,(H,16,17). The summed E-state index contributed by atoms with van der Waals surface area (Å²) in [5.41, 5.74) is 0.558. The van der Waals surface area contributed by atoms with E-state index in [4.69, 9.17) is 5.11 Å². The summed E-state index contributed by atoms with van der Waals surface area (Å²) >= 11 is 0. The Labute approximate surface area is 101 Å². The molecule has 0 amide bonds. The van der Waals surface area contributed by atoms with Gasteiger partial charge in [-0.2, -0.15) is 0 Å². The summed E-state index contributed by atoms with van der Waals surface area (Å²) in [7, 11) is 0. The van der Waals surface area contributed by atoms with Gasteiger partial charge in [-0.3, -0.25) is 4.79 Å². The minimum absolute atomic E-state index is 0.203. The van der Waals surface area contributed by atoms with Crippen LogP contribution in [-0.4, -0.2) is 11.1 Å². The number of carboxylic acids is 1. The monoisotopic (exact) mass is 238 g/mol. The van der Waals surface area contributed by atoms with Gasteiger partial charge in [0.15, 0.2) is 0 Å². The first kappa shape index (κ1) is 13.7. The second kappa shape index (κ2) is 4.86. The molecule has 0 radical (unpaired) electrons. The van der Waals surface area contributed by atoms with Gasteiger partial charge in [0.25, 0.3) is 0 Å². The maximum absolute atomic E-state index is 13.6. The van der Waals surface area contributed by atoms with E-state index < -0.39 is 11.4 Å². The molecule has 17 heavy (non-hydrogen) atoms.